The second kappa shape index (κ2) is 25.7. The van der Waals surface area contributed by atoms with Crippen molar-refractivity contribution in [1.82, 2.24) is 10.6 Å². The van der Waals surface area contributed by atoms with Gasteiger partial charge in [0, 0.05) is 32.9 Å². The third kappa shape index (κ3) is 18.0. The molecular formula is C38H56N2O10. The molecule has 0 aliphatic carbocycles. The molecule has 0 aromatic heterocycles. The first-order chi connectivity index (χ1) is 24.0. The van der Waals surface area contributed by atoms with Crippen LogP contribution in [0.5, 0.6) is 5.75 Å². The Morgan fingerprint density at radius 3 is 2.16 bits per heavy atom. The monoisotopic (exact) mass is 700 g/mol. The van der Waals surface area contributed by atoms with Gasteiger partial charge in [-0.05, 0) is 50.3 Å². The number of allylic oxidation sites excluding steroid dienone is 1. The van der Waals surface area contributed by atoms with Gasteiger partial charge in [0.15, 0.2) is 5.60 Å². The Balaban J connectivity index is 2.96. The lowest BCUT2D eigenvalue weighted by molar-refractivity contribution is -0.169. The number of nitrogens with one attached hydrogen (secondary N) is 2. The van der Waals surface area contributed by atoms with E-state index < -0.39 is 47.7 Å². The first-order valence-electron chi connectivity index (χ1n) is 17.5. The molecule has 0 bridgehead atoms. The minimum atomic E-state index is -2.88. The Morgan fingerprint density at radius 1 is 0.940 bits per heavy atom. The van der Waals surface area contributed by atoms with E-state index in [0.29, 0.717) is 37.0 Å². The minimum Gasteiger partial charge on any atom is -0.481 e. The van der Waals surface area contributed by atoms with Gasteiger partial charge in [0.05, 0.1) is 18.9 Å². The van der Waals surface area contributed by atoms with E-state index >= 15 is 0 Å². The number of ketones is 1. The van der Waals surface area contributed by atoms with Crippen LogP contribution in [-0.2, 0) is 35.1 Å². The highest BCUT2D eigenvalue weighted by Crippen LogP contribution is 2.26. The maximum absolute atomic E-state index is 13.6. The number of carboxylic acids is 2. The number of carbonyl (C=O) groups is 5. The van der Waals surface area contributed by atoms with Gasteiger partial charge >= 0.3 is 11.9 Å². The fourth-order valence-corrected chi connectivity index (χ4v) is 5.21. The van der Waals surface area contributed by atoms with Crippen molar-refractivity contribution < 1.29 is 48.8 Å². The highest BCUT2D eigenvalue weighted by atomic mass is 16.5. The van der Waals surface area contributed by atoms with E-state index in [-0.39, 0.29) is 32.0 Å². The molecule has 1 aromatic rings. The van der Waals surface area contributed by atoms with Gasteiger partial charge in [-0.15, -0.1) is 5.92 Å². The van der Waals surface area contributed by atoms with Gasteiger partial charge < -0.3 is 35.4 Å². The van der Waals surface area contributed by atoms with Crippen molar-refractivity contribution in [3.05, 3.63) is 42.0 Å². The summed E-state index contributed by atoms with van der Waals surface area (Å²) < 4.78 is 10.4. The molecule has 0 saturated heterocycles. The Kier molecular flexibility index (Phi) is 22.5. The van der Waals surface area contributed by atoms with Crippen LogP contribution < -0.4 is 15.4 Å². The molecule has 0 fully saturated rings. The third-order valence-corrected chi connectivity index (χ3v) is 8.16. The number of benzene rings is 1. The van der Waals surface area contributed by atoms with Crippen LogP contribution in [0.2, 0.25) is 0 Å². The molecule has 0 unspecified atom stereocenters. The predicted molar refractivity (Wildman–Crippen MR) is 189 cm³/mol. The van der Waals surface area contributed by atoms with Gasteiger partial charge in [-0.2, -0.15) is 0 Å². The van der Waals surface area contributed by atoms with E-state index in [1.807, 2.05) is 0 Å². The van der Waals surface area contributed by atoms with Gasteiger partial charge in [-0.3, -0.25) is 14.4 Å². The Morgan fingerprint density at radius 2 is 1.58 bits per heavy atom. The number of Topliss-reactive ketones (excluding diaryl/α,β-unsaturated/α-hetero) is 1. The van der Waals surface area contributed by atoms with Crippen LogP contribution in [0.1, 0.15) is 103 Å². The summed E-state index contributed by atoms with van der Waals surface area (Å²) in [6.07, 6.45) is 11.9. The number of unbranched alkanes of at least 4 members (excludes halogenated alkanes) is 8. The summed E-state index contributed by atoms with van der Waals surface area (Å²) in [6.45, 7) is 4.23. The number of amides is 2. The van der Waals surface area contributed by atoms with Gasteiger partial charge in [-0.25, -0.2) is 9.59 Å². The summed E-state index contributed by atoms with van der Waals surface area (Å²) in [5.41, 5.74) is -2.32. The Hall–Kier alpha value is -4.21. The molecule has 3 atom stereocenters. The van der Waals surface area contributed by atoms with E-state index in [1.165, 1.54) is 19.6 Å². The van der Waals surface area contributed by atoms with Crippen LogP contribution in [0.4, 0.5) is 0 Å². The molecule has 0 spiro atoms. The van der Waals surface area contributed by atoms with E-state index in [1.54, 1.807) is 37.3 Å². The summed E-state index contributed by atoms with van der Waals surface area (Å²) in [5.74, 6) is -0.571. The SMILES string of the molecule is CC#CCOc1ccc(C[C@H](NC(=O)[C@@H](/C=C/CCCCCCC(=O)CCCCCCC)[C@@](O)(CC(=O)NCCOC)C(=O)O)C(=O)O)cc1. The third-order valence-electron chi connectivity index (χ3n) is 8.16. The zero-order chi connectivity index (χ0) is 37.2. The molecule has 0 aliphatic rings. The summed E-state index contributed by atoms with van der Waals surface area (Å²) in [6, 6.07) is 5.08. The number of hydrogen-bond acceptors (Lipinski definition) is 8. The molecular weight excluding hydrogens is 644 g/mol. The average molecular weight is 701 g/mol. The van der Waals surface area contributed by atoms with Crippen molar-refractivity contribution in [1.29, 1.82) is 0 Å². The number of carboxylic acid groups (broad SMARTS) is 2. The normalized spacial score (nSPS) is 13.4. The lowest BCUT2D eigenvalue weighted by atomic mass is 9.82. The Labute approximate surface area is 296 Å². The molecule has 0 radical (unpaired) electrons. The molecule has 12 heteroatoms. The number of hydrogen-bond donors (Lipinski definition) is 5. The number of rotatable bonds is 28. The van der Waals surface area contributed by atoms with E-state index in [9.17, 15) is 39.3 Å². The molecule has 278 valence electrons. The average Bonchev–Trinajstić information content (AvgIpc) is 3.07. The molecule has 0 heterocycles. The van der Waals surface area contributed by atoms with Gasteiger partial charge in [0.2, 0.25) is 11.8 Å². The number of aliphatic hydroxyl groups is 1. The minimum absolute atomic E-state index is 0.0548. The highest BCUT2D eigenvalue weighted by molar-refractivity contribution is 5.95. The zero-order valence-corrected chi connectivity index (χ0v) is 29.8. The van der Waals surface area contributed by atoms with Crippen molar-refractivity contribution >= 4 is 29.5 Å². The van der Waals surface area contributed by atoms with Crippen LogP contribution in [0, 0.1) is 17.8 Å². The maximum atomic E-state index is 13.6. The second-order valence-corrected chi connectivity index (χ2v) is 12.3. The Bertz CT molecular complexity index is 1280. The first-order valence-corrected chi connectivity index (χ1v) is 17.5. The van der Waals surface area contributed by atoms with Crippen molar-refractivity contribution in [2.75, 3.05) is 26.9 Å². The smallest absolute Gasteiger partial charge is 0.337 e. The quantitative estimate of drug-likeness (QED) is 0.0469. The van der Waals surface area contributed by atoms with Gasteiger partial charge in [-0.1, -0.05) is 75.7 Å². The molecule has 50 heavy (non-hydrogen) atoms. The maximum Gasteiger partial charge on any atom is 0.337 e. The number of methoxy groups -OCH3 is 1. The van der Waals surface area contributed by atoms with E-state index in [2.05, 4.69) is 29.4 Å². The largest absolute Gasteiger partial charge is 0.481 e. The molecule has 1 aromatic carbocycles. The summed E-state index contributed by atoms with van der Waals surface area (Å²) >= 11 is 0. The number of ether oxygens (including phenoxy) is 2. The standard InChI is InChI=1S/C38H56N2O10/c1-4-6-8-11-14-17-30(41)18-15-12-9-10-13-16-19-32(38(48,37(46)47)28-34(42)39-24-26-49-3)35(43)40-33(36(44)45)27-29-20-22-31(23-21-29)50-25-7-5-2/h16,19-23,32-33,48H,4,6,8-15,17-18,24-28H2,1-3H3,(H,39,42)(H,40,43)(H,44,45)(H,46,47)/b19-16+/t32-,33+,38+/m1/s1. The van der Waals surface area contributed by atoms with Crippen molar-refractivity contribution in [3.63, 3.8) is 0 Å². The number of aliphatic carboxylic acids is 2. The summed E-state index contributed by atoms with van der Waals surface area (Å²) in [7, 11) is 1.42. The zero-order valence-electron chi connectivity index (χ0n) is 29.8. The van der Waals surface area contributed by atoms with Gasteiger partial charge in [0.1, 0.15) is 24.2 Å². The van der Waals surface area contributed by atoms with E-state index in [4.69, 9.17) is 9.47 Å². The summed E-state index contributed by atoms with van der Waals surface area (Å²) in [5, 5.41) is 36.1. The fourth-order valence-electron chi connectivity index (χ4n) is 5.21. The predicted octanol–water partition coefficient (Wildman–Crippen LogP) is 4.61. The van der Waals surface area contributed by atoms with E-state index in [0.717, 1.165) is 44.9 Å². The molecule has 12 nitrogen and oxygen atoms in total. The number of carbonyl (C=O) groups excluding carboxylic acids is 3. The molecule has 5 N–H and O–H groups in total. The molecule has 1 rings (SSSR count). The van der Waals surface area contributed by atoms with Gasteiger partial charge in [0.25, 0.3) is 0 Å². The second-order valence-electron chi connectivity index (χ2n) is 12.3. The fraction of sp³-hybridized carbons (Fsp3) is 0.605. The highest BCUT2D eigenvalue weighted by Gasteiger charge is 2.49. The lowest BCUT2D eigenvalue weighted by Crippen LogP contribution is -2.56. The first kappa shape index (κ1) is 43.8. The van der Waals surface area contributed by atoms with Crippen LogP contribution >= 0.6 is 0 Å². The topological polar surface area (TPSA) is 189 Å². The molecule has 0 aliphatic heterocycles. The summed E-state index contributed by atoms with van der Waals surface area (Å²) in [4.78, 5) is 62.9. The van der Waals surface area contributed by atoms with Crippen LogP contribution in [0.15, 0.2) is 36.4 Å². The van der Waals surface area contributed by atoms with Crippen LogP contribution in [-0.4, -0.2) is 83.4 Å². The van der Waals surface area contributed by atoms with Crippen LogP contribution in [0.3, 0.4) is 0 Å². The molecule has 0 saturated carbocycles. The van der Waals surface area contributed by atoms with Crippen molar-refractivity contribution in [3.8, 4) is 17.6 Å². The van der Waals surface area contributed by atoms with Crippen molar-refractivity contribution in [2.45, 2.75) is 115 Å². The van der Waals surface area contributed by atoms with Crippen molar-refractivity contribution in [2.24, 2.45) is 5.92 Å². The van der Waals surface area contributed by atoms with Crippen LogP contribution in [0.25, 0.3) is 0 Å². The molecule has 2 amide bonds. The lowest BCUT2D eigenvalue weighted by Gasteiger charge is -2.30.